The molecular weight excluding hydrogens is 388 g/mol. The molecule has 0 saturated heterocycles. The fourth-order valence-electron chi connectivity index (χ4n) is 4.62. The first-order valence-electron chi connectivity index (χ1n) is 11.4. The number of benzene rings is 4. The van der Waals surface area contributed by atoms with E-state index in [1.165, 1.54) is 58.1 Å². The molecule has 0 unspecified atom stereocenters. The summed E-state index contributed by atoms with van der Waals surface area (Å²) in [6.45, 7) is 0. The van der Waals surface area contributed by atoms with E-state index in [2.05, 4.69) is 76.7 Å². The van der Waals surface area contributed by atoms with Crippen molar-refractivity contribution in [2.45, 2.75) is 25.7 Å². The van der Waals surface area contributed by atoms with E-state index in [1.807, 2.05) is 42.9 Å². The SMILES string of the molecule is c1cc[nH]c1.c1ccc2[nH]ccc2c1.c1ccc2c(c1)ccc1c3c(ccc12)CCCC3. The summed E-state index contributed by atoms with van der Waals surface area (Å²) in [5.74, 6) is 0. The molecule has 0 aliphatic heterocycles. The zero-order valence-electron chi connectivity index (χ0n) is 18.2. The van der Waals surface area contributed by atoms with Gasteiger partial charge < -0.3 is 9.97 Å². The molecule has 0 saturated carbocycles. The standard InChI is InChI=1S/C18H16.C8H7N.C4H5N/c1-3-7-15-13(5-1)9-11-18-16-8-4-2-6-14(16)10-12-17(15)18;1-2-4-8-7(3-1)5-6-9-8;1-2-4-5-3-1/h1,3,5,7,9-12H,2,4,6,8H2;1-6,9H;1-5H. The lowest BCUT2D eigenvalue weighted by Gasteiger charge is -2.18. The van der Waals surface area contributed by atoms with Crippen LogP contribution in [0.25, 0.3) is 32.4 Å². The van der Waals surface area contributed by atoms with Crippen LogP contribution in [0.4, 0.5) is 0 Å². The van der Waals surface area contributed by atoms with Crippen LogP contribution in [0.2, 0.25) is 0 Å². The highest BCUT2D eigenvalue weighted by Gasteiger charge is 2.13. The molecule has 2 nitrogen and oxygen atoms in total. The molecule has 1 aliphatic rings. The number of aromatic nitrogens is 2. The van der Waals surface area contributed by atoms with Crippen molar-refractivity contribution < 1.29 is 0 Å². The van der Waals surface area contributed by atoms with Crippen LogP contribution in [0.15, 0.2) is 110 Å². The molecule has 2 N–H and O–H groups in total. The van der Waals surface area contributed by atoms with Crippen LogP contribution in [0.5, 0.6) is 0 Å². The molecule has 4 aromatic carbocycles. The average molecular weight is 417 g/mol. The minimum atomic E-state index is 1.21. The van der Waals surface area contributed by atoms with Crippen LogP contribution < -0.4 is 0 Å². The number of nitrogens with one attached hydrogen (secondary N) is 2. The molecule has 2 heteroatoms. The Morgan fingerprint density at radius 3 is 2.06 bits per heavy atom. The highest BCUT2D eigenvalue weighted by molar-refractivity contribution is 6.08. The van der Waals surface area contributed by atoms with E-state index in [0.29, 0.717) is 0 Å². The Hall–Kier alpha value is -3.78. The number of fused-ring (bicyclic) bond motifs is 6. The summed E-state index contributed by atoms with van der Waals surface area (Å²) in [6.07, 6.45) is 10.9. The van der Waals surface area contributed by atoms with Gasteiger partial charge in [-0.3, -0.25) is 0 Å². The zero-order valence-corrected chi connectivity index (χ0v) is 18.2. The normalized spacial score (nSPS) is 12.5. The summed E-state index contributed by atoms with van der Waals surface area (Å²) in [5.41, 5.74) is 4.38. The lowest BCUT2D eigenvalue weighted by atomic mass is 9.86. The smallest absolute Gasteiger partial charge is 0.0453 e. The highest BCUT2D eigenvalue weighted by atomic mass is 14.7. The first-order chi connectivity index (χ1) is 15.9. The van der Waals surface area contributed by atoms with Gasteiger partial charge in [0.15, 0.2) is 0 Å². The van der Waals surface area contributed by atoms with Crippen LogP contribution in [-0.2, 0) is 12.8 Å². The van der Waals surface area contributed by atoms with Gasteiger partial charge in [0.1, 0.15) is 0 Å². The minimum Gasteiger partial charge on any atom is -0.368 e. The molecule has 158 valence electrons. The maximum atomic E-state index is 3.12. The molecule has 7 rings (SSSR count). The summed E-state index contributed by atoms with van der Waals surface area (Å²) < 4.78 is 0. The number of rotatable bonds is 0. The molecule has 32 heavy (non-hydrogen) atoms. The topological polar surface area (TPSA) is 31.6 Å². The molecule has 1 aliphatic carbocycles. The number of aromatic amines is 2. The van der Waals surface area contributed by atoms with Crippen molar-refractivity contribution >= 4 is 32.4 Å². The minimum absolute atomic E-state index is 1.21. The van der Waals surface area contributed by atoms with Crippen LogP contribution in [-0.4, -0.2) is 9.97 Å². The Balaban J connectivity index is 0.000000127. The van der Waals surface area contributed by atoms with Gasteiger partial charge in [0.05, 0.1) is 0 Å². The second-order valence-corrected chi connectivity index (χ2v) is 8.24. The molecule has 0 bridgehead atoms. The number of aryl methyl sites for hydroxylation is 2. The summed E-state index contributed by atoms with van der Waals surface area (Å²) in [5, 5.41) is 6.92. The molecule has 0 spiro atoms. The molecule has 0 atom stereocenters. The summed E-state index contributed by atoms with van der Waals surface area (Å²) in [7, 11) is 0. The third-order valence-electron chi connectivity index (χ3n) is 6.22. The number of hydrogen-bond acceptors (Lipinski definition) is 0. The van der Waals surface area contributed by atoms with E-state index in [-0.39, 0.29) is 0 Å². The van der Waals surface area contributed by atoms with Gasteiger partial charge in [-0.25, -0.2) is 0 Å². The van der Waals surface area contributed by atoms with Gasteiger partial charge in [-0.05, 0) is 88.0 Å². The Morgan fingerprint density at radius 1 is 0.500 bits per heavy atom. The first kappa shape index (κ1) is 20.1. The fraction of sp³-hybridized carbons (Fsp3) is 0.133. The Kier molecular flexibility index (Phi) is 6.02. The second kappa shape index (κ2) is 9.57. The number of para-hydroxylation sites is 1. The van der Waals surface area contributed by atoms with E-state index in [4.69, 9.17) is 0 Å². The van der Waals surface area contributed by atoms with Crippen LogP contribution >= 0.6 is 0 Å². The number of H-pyrrole nitrogens is 2. The maximum Gasteiger partial charge on any atom is 0.0453 e. The predicted molar refractivity (Wildman–Crippen MR) is 137 cm³/mol. The molecule has 0 fully saturated rings. The van der Waals surface area contributed by atoms with Crippen LogP contribution in [0, 0.1) is 0 Å². The van der Waals surface area contributed by atoms with Gasteiger partial charge >= 0.3 is 0 Å². The van der Waals surface area contributed by atoms with Crippen molar-refractivity contribution in [3.63, 3.8) is 0 Å². The van der Waals surface area contributed by atoms with Crippen molar-refractivity contribution in [3.05, 3.63) is 121 Å². The van der Waals surface area contributed by atoms with Crippen molar-refractivity contribution in [3.8, 4) is 0 Å². The fourth-order valence-corrected chi connectivity index (χ4v) is 4.62. The summed E-state index contributed by atoms with van der Waals surface area (Å²) in [4.78, 5) is 5.98. The van der Waals surface area contributed by atoms with Crippen LogP contribution in [0.1, 0.15) is 24.0 Å². The van der Waals surface area contributed by atoms with E-state index in [1.54, 1.807) is 11.1 Å². The van der Waals surface area contributed by atoms with Crippen LogP contribution in [0.3, 0.4) is 0 Å². The molecule has 0 radical (unpaired) electrons. The second-order valence-electron chi connectivity index (χ2n) is 8.24. The summed E-state index contributed by atoms with van der Waals surface area (Å²) >= 11 is 0. The van der Waals surface area contributed by atoms with Crippen molar-refractivity contribution in [1.29, 1.82) is 0 Å². The third-order valence-corrected chi connectivity index (χ3v) is 6.22. The van der Waals surface area contributed by atoms with Gasteiger partial charge in [0.2, 0.25) is 0 Å². The summed E-state index contributed by atoms with van der Waals surface area (Å²) in [6, 6.07) is 32.1. The Labute approximate surface area is 188 Å². The highest BCUT2D eigenvalue weighted by Crippen LogP contribution is 2.33. The number of hydrogen-bond donors (Lipinski definition) is 2. The zero-order chi connectivity index (χ0) is 21.6. The van der Waals surface area contributed by atoms with Gasteiger partial charge in [-0.2, -0.15) is 0 Å². The largest absolute Gasteiger partial charge is 0.368 e. The third kappa shape index (κ3) is 4.31. The van der Waals surface area contributed by atoms with E-state index in [9.17, 15) is 0 Å². The maximum absolute atomic E-state index is 3.12. The monoisotopic (exact) mass is 416 g/mol. The van der Waals surface area contributed by atoms with Crippen molar-refractivity contribution in [2.24, 2.45) is 0 Å². The molecular formula is C30H28N2. The van der Waals surface area contributed by atoms with Gasteiger partial charge in [0.25, 0.3) is 0 Å². The van der Waals surface area contributed by atoms with E-state index >= 15 is 0 Å². The molecule has 2 aromatic heterocycles. The van der Waals surface area contributed by atoms with Crippen molar-refractivity contribution in [1.82, 2.24) is 9.97 Å². The lowest BCUT2D eigenvalue weighted by Crippen LogP contribution is -2.02. The quantitative estimate of drug-likeness (QED) is 0.235. The molecule has 6 aromatic rings. The lowest BCUT2D eigenvalue weighted by molar-refractivity contribution is 0.690. The van der Waals surface area contributed by atoms with Gasteiger partial charge in [-0.15, -0.1) is 0 Å². The molecule has 2 heterocycles. The molecule has 0 amide bonds. The van der Waals surface area contributed by atoms with E-state index in [0.717, 1.165) is 0 Å². The van der Waals surface area contributed by atoms with Gasteiger partial charge in [0, 0.05) is 24.1 Å². The first-order valence-corrected chi connectivity index (χ1v) is 11.4. The van der Waals surface area contributed by atoms with E-state index < -0.39 is 0 Å². The Morgan fingerprint density at radius 2 is 1.25 bits per heavy atom. The Bertz CT molecular complexity index is 1380. The average Bonchev–Trinajstić information content (AvgIpc) is 3.59. The predicted octanol–water partition coefficient (Wildman–Crippen LogP) is 8.05. The van der Waals surface area contributed by atoms with Gasteiger partial charge in [-0.1, -0.05) is 66.7 Å². The van der Waals surface area contributed by atoms with Crippen molar-refractivity contribution in [2.75, 3.05) is 0 Å².